The molecule has 3 aromatic rings. The second kappa shape index (κ2) is 8.83. The average Bonchev–Trinajstić information content (AvgIpc) is 3.57. The zero-order chi connectivity index (χ0) is 21.8. The normalized spacial score (nSPS) is 16.9. The molecule has 0 unspecified atom stereocenters. The number of rotatable bonds is 7. The Kier molecular flexibility index (Phi) is 5.80. The fraction of sp³-hybridized carbons (Fsp3) is 0.160. The minimum Gasteiger partial charge on any atom is -0.384 e. The number of amides is 2. The second-order valence-electron chi connectivity index (χ2n) is 7.65. The highest BCUT2D eigenvalue weighted by Crippen LogP contribution is 2.40. The van der Waals surface area contributed by atoms with E-state index >= 15 is 0 Å². The highest BCUT2D eigenvalue weighted by Gasteiger charge is 2.39. The van der Waals surface area contributed by atoms with Gasteiger partial charge in [-0.25, -0.2) is 0 Å². The topological polar surface area (TPSA) is 99.3 Å². The highest BCUT2D eigenvalue weighted by atomic mass is 16.2. The van der Waals surface area contributed by atoms with Crippen LogP contribution >= 0.6 is 0 Å². The summed E-state index contributed by atoms with van der Waals surface area (Å²) in [5.41, 5.74) is 8.25. The predicted octanol–water partition coefficient (Wildman–Crippen LogP) is 3.29. The Morgan fingerprint density at radius 2 is 1.58 bits per heavy atom. The molecule has 0 heterocycles. The predicted molar refractivity (Wildman–Crippen MR) is 121 cm³/mol. The molecule has 0 aliphatic heterocycles. The first kappa shape index (κ1) is 20.3. The molecule has 2 amide bonds. The number of nitrogens with two attached hydrogens (primary N) is 1. The Morgan fingerprint density at radius 1 is 0.935 bits per heavy atom. The summed E-state index contributed by atoms with van der Waals surface area (Å²) in [5.74, 6) is -0.319. The van der Waals surface area contributed by atoms with Gasteiger partial charge in [-0.1, -0.05) is 60.7 Å². The maximum Gasteiger partial charge on any atom is 0.258 e. The number of amidine groups is 1. The molecule has 1 fully saturated rings. The lowest BCUT2D eigenvalue weighted by Gasteiger charge is -2.23. The summed E-state index contributed by atoms with van der Waals surface area (Å²) < 4.78 is 0. The molecule has 0 spiro atoms. The van der Waals surface area contributed by atoms with Crippen LogP contribution in [0.5, 0.6) is 0 Å². The van der Waals surface area contributed by atoms with Crippen LogP contribution in [0.15, 0.2) is 84.9 Å². The van der Waals surface area contributed by atoms with E-state index in [9.17, 15) is 9.59 Å². The van der Waals surface area contributed by atoms with E-state index in [4.69, 9.17) is 11.1 Å². The number of para-hydroxylation sites is 1. The monoisotopic (exact) mass is 412 g/mol. The molecular weight excluding hydrogens is 388 g/mol. The van der Waals surface area contributed by atoms with Crippen molar-refractivity contribution in [1.82, 2.24) is 5.32 Å². The smallest absolute Gasteiger partial charge is 0.258 e. The van der Waals surface area contributed by atoms with Crippen LogP contribution in [-0.2, 0) is 4.79 Å². The van der Waals surface area contributed by atoms with Gasteiger partial charge in [-0.05, 0) is 36.2 Å². The molecule has 2 atom stereocenters. The van der Waals surface area contributed by atoms with Gasteiger partial charge in [0.05, 0.1) is 0 Å². The van der Waals surface area contributed by atoms with Crippen LogP contribution in [0.25, 0.3) is 0 Å². The molecule has 31 heavy (non-hydrogen) atoms. The number of nitrogens with zero attached hydrogens (tertiary/aromatic N) is 1. The van der Waals surface area contributed by atoms with E-state index in [1.807, 2.05) is 36.4 Å². The number of nitrogens with one attached hydrogen (secondary N) is 2. The summed E-state index contributed by atoms with van der Waals surface area (Å²) in [6.45, 7) is -0.0921. The molecule has 0 radical (unpaired) electrons. The maximum atomic E-state index is 13.3. The van der Waals surface area contributed by atoms with Crippen LogP contribution in [0.1, 0.15) is 33.8 Å². The lowest BCUT2D eigenvalue weighted by atomic mass is 10.1. The van der Waals surface area contributed by atoms with Gasteiger partial charge in [0.2, 0.25) is 5.91 Å². The molecule has 156 valence electrons. The zero-order valence-electron chi connectivity index (χ0n) is 17.0. The molecule has 6 nitrogen and oxygen atoms in total. The Bertz CT molecular complexity index is 1100. The molecule has 4 N–H and O–H groups in total. The molecule has 1 aliphatic carbocycles. The Labute approximate surface area is 181 Å². The van der Waals surface area contributed by atoms with E-state index < -0.39 is 0 Å². The Morgan fingerprint density at radius 3 is 2.26 bits per heavy atom. The van der Waals surface area contributed by atoms with Gasteiger partial charge in [-0.15, -0.1) is 0 Å². The van der Waals surface area contributed by atoms with Crippen LogP contribution in [0.2, 0.25) is 0 Å². The zero-order valence-corrected chi connectivity index (χ0v) is 17.0. The van der Waals surface area contributed by atoms with E-state index in [2.05, 4.69) is 17.4 Å². The van der Waals surface area contributed by atoms with E-state index in [-0.39, 0.29) is 30.2 Å². The fourth-order valence-corrected chi connectivity index (χ4v) is 3.68. The molecule has 0 aromatic heterocycles. The molecule has 0 bridgehead atoms. The molecule has 1 aliphatic rings. The van der Waals surface area contributed by atoms with Crippen LogP contribution in [0.4, 0.5) is 5.69 Å². The number of carbonyl (C=O) groups is 2. The van der Waals surface area contributed by atoms with Crippen LogP contribution < -0.4 is 16.0 Å². The standard InChI is InChI=1S/C25H24N4O2/c26-24(27)18-10-7-11-19(14-18)25(31)29(20-12-5-2-6-13-20)16-23(30)28-22-15-21(22)17-8-3-1-4-9-17/h1-14,21-22H,15-16H2,(H3,26,27)(H,28,30)/t21-,22+/m0/s1. The minimum absolute atomic E-state index is 0.0867. The van der Waals surface area contributed by atoms with Crippen molar-refractivity contribution in [2.75, 3.05) is 11.4 Å². The van der Waals surface area contributed by atoms with Crippen molar-refractivity contribution in [3.05, 3.63) is 102 Å². The van der Waals surface area contributed by atoms with Gasteiger partial charge < -0.3 is 11.1 Å². The van der Waals surface area contributed by atoms with E-state index in [0.717, 1.165) is 6.42 Å². The molecule has 3 aromatic carbocycles. The number of hydrogen-bond acceptors (Lipinski definition) is 3. The molecule has 0 saturated heterocycles. The van der Waals surface area contributed by atoms with E-state index in [0.29, 0.717) is 22.7 Å². The number of benzene rings is 3. The first-order valence-electron chi connectivity index (χ1n) is 10.2. The van der Waals surface area contributed by atoms with Gasteiger partial charge >= 0.3 is 0 Å². The van der Waals surface area contributed by atoms with Crippen LogP contribution in [-0.4, -0.2) is 30.2 Å². The maximum absolute atomic E-state index is 13.3. The third kappa shape index (κ3) is 4.80. The molecule has 6 heteroatoms. The minimum atomic E-state index is -0.320. The second-order valence-corrected chi connectivity index (χ2v) is 7.65. The van der Waals surface area contributed by atoms with Crippen molar-refractivity contribution in [2.24, 2.45) is 5.73 Å². The van der Waals surface area contributed by atoms with Crippen molar-refractivity contribution < 1.29 is 9.59 Å². The van der Waals surface area contributed by atoms with Crippen molar-refractivity contribution >= 4 is 23.3 Å². The van der Waals surface area contributed by atoms with Gasteiger partial charge in [0.1, 0.15) is 12.4 Å². The summed E-state index contributed by atoms with van der Waals surface area (Å²) in [5, 5.41) is 10.7. The third-order valence-corrected chi connectivity index (χ3v) is 5.40. The molecule has 1 saturated carbocycles. The van der Waals surface area contributed by atoms with E-state index in [1.54, 1.807) is 36.4 Å². The number of hydrogen-bond donors (Lipinski definition) is 3. The van der Waals surface area contributed by atoms with Gasteiger partial charge in [0, 0.05) is 28.8 Å². The van der Waals surface area contributed by atoms with Crippen molar-refractivity contribution in [1.29, 1.82) is 5.41 Å². The van der Waals surface area contributed by atoms with E-state index in [1.165, 1.54) is 10.5 Å². The lowest BCUT2D eigenvalue weighted by Crippen LogP contribution is -2.42. The van der Waals surface area contributed by atoms with Crippen LogP contribution in [0, 0.1) is 5.41 Å². The summed E-state index contributed by atoms with van der Waals surface area (Å²) in [6, 6.07) is 25.9. The highest BCUT2D eigenvalue weighted by molar-refractivity contribution is 6.10. The van der Waals surface area contributed by atoms with Crippen molar-refractivity contribution in [3.8, 4) is 0 Å². The Balaban J connectivity index is 1.50. The number of nitrogen functional groups attached to an aromatic ring is 1. The molecular formula is C25H24N4O2. The van der Waals surface area contributed by atoms with Gasteiger partial charge in [-0.3, -0.25) is 19.9 Å². The quantitative estimate of drug-likeness (QED) is 0.410. The van der Waals surface area contributed by atoms with Crippen LogP contribution in [0.3, 0.4) is 0 Å². The summed E-state index contributed by atoms with van der Waals surface area (Å²) in [4.78, 5) is 27.5. The van der Waals surface area contributed by atoms with Crippen molar-refractivity contribution in [2.45, 2.75) is 18.4 Å². The first-order valence-corrected chi connectivity index (χ1v) is 10.2. The summed E-state index contributed by atoms with van der Waals surface area (Å²) in [7, 11) is 0. The fourth-order valence-electron chi connectivity index (χ4n) is 3.68. The SMILES string of the molecule is N=C(N)c1cccc(C(=O)N(CC(=O)N[C@@H]2C[C@H]2c2ccccc2)c2ccccc2)c1. The van der Waals surface area contributed by atoms with Gasteiger partial charge in [0.15, 0.2) is 0 Å². The summed E-state index contributed by atoms with van der Waals surface area (Å²) >= 11 is 0. The lowest BCUT2D eigenvalue weighted by molar-refractivity contribution is -0.119. The van der Waals surface area contributed by atoms with Crippen molar-refractivity contribution in [3.63, 3.8) is 0 Å². The third-order valence-electron chi connectivity index (χ3n) is 5.40. The largest absolute Gasteiger partial charge is 0.384 e. The molecule has 4 rings (SSSR count). The number of carbonyl (C=O) groups excluding carboxylic acids is 2. The first-order chi connectivity index (χ1) is 15.0. The Hall–Kier alpha value is -3.93. The summed E-state index contributed by atoms with van der Waals surface area (Å²) in [6.07, 6.45) is 0.899. The van der Waals surface area contributed by atoms with Gasteiger partial charge in [0.25, 0.3) is 5.91 Å². The van der Waals surface area contributed by atoms with Gasteiger partial charge in [-0.2, -0.15) is 0 Å². The number of anilines is 1. The average molecular weight is 412 g/mol.